The van der Waals surface area contributed by atoms with Crippen LogP contribution in [-0.4, -0.2) is 22.5 Å². The molecule has 2 aromatic heterocycles. The van der Waals surface area contributed by atoms with Crippen LogP contribution in [0.5, 0.6) is 0 Å². The van der Waals surface area contributed by atoms with Crippen molar-refractivity contribution in [3.8, 4) is 11.1 Å². The molecule has 3 rings (SSSR count). The summed E-state index contributed by atoms with van der Waals surface area (Å²) in [5.41, 5.74) is 4.03. The molecule has 0 aliphatic heterocycles. The van der Waals surface area contributed by atoms with Gasteiger partial charge in [-0.25, -0.2) is 9.78 Å². The molecule has 0 bridgehead atoms. The van der Waals surface area contributed by atoms with Gasteiger partial charge in [-0.3, -0.25) is 10.3 Å². The number of carbonyl (C=O) groups excluding carboxylic acids is 1. The van der Waals surface area contributed by atoms with Gasteiger partial charge in [0.15, 0.2) is 5.13 Å². The van der Waals surface area contributed by atoms with Gasteiger partial charge in [0.2, 0.25) is 0 Å². The van der Waals surface area contributed by atoms with Crippen LogP contribution >= 0.6 is 27.3 Å². The SMILES string of the molecule is CCNC(=O)Nc1nc2cc(-c3cncc(C)c3)cc(Br)c2s1. The zero-order valence-corrected chi connectivity index (χ0v) is 15.1. The van der Waals surface area contributed by atoms with E-state index < -0.39 is 0 Å². The Balaban J connectivity index is 1.99. The number of rotatable bonds is 3. The van der Waals surface area contributed by atoms with Crippen molar-refractivity contribution in [2.75, 3.05) is 11.9 Å². The molecule has 0 saturated heterocycles. The molecule has 0 aliphatic rings. The van der Waals surface area contributed by atoms with Crippen LogP contribution in [0.3, 0.4) is 0 Å². The van der Waals surface area contributed by atoms with Crippen LogP contribution in [-0.2, 0) is 0 Å². The van der Waals surface area contributed by atoms with E-state index in [1.54, 1.807) is 0 Å². The van der Waals surface area contributed by atoms with Crippen molar-refractivity contribution in [1.82, 2.24) is 15.3 Å². The predicted octanol–water partition coefficient (Wildman–Crippen LogP) is 4.57. The minimum atomic E-state index is -0.245. The van der Waals surface area contributed by atoms with Crippen LogP contribution in [0.2, 0.25) is 0 Å². The summed E-state index contributed by atoms with van der Waals surface area (Å²) in [6.07, 6.45) is 3.66. The zero-order chi connectivity index (χ0) is 16.4. The molecule has 0 fully saturated rings. The summed E-state index contributed by atoms with van der Waals surface area (Å²) in [5.74, 6) is 0. The van der Waals surface area contributed by atoms with Gasteiger partial charge in [-0.05, 0) is 59.1 Å². The van der Waals surface area contributed by atoms with E-state index in [0.717, 1.165) is 31.4 Å². The minimum Gasteiger partial charge on any atom is -0.338 e. The second-order valence-corrected chi connectivity index (χ2v) is 6.91. The second kappa shape index (κ2) is 6.64. The number of thiazole rings is 1. The topological polar surface area (TPSA) is 66.9 Å². The van der Waals surface area contributed by atoms with E-state index in [0.29, 0.717) is 11.7 Å². The van der Waals surface area contributed by atoms with Gasteiger partial charge in [-0.2, -0.15) is 0 Å². The van der Waals surface area contributed by atoms with E-state index in [1.807, 2.05) is 38.4 Å². The van der Waals surface area contributed by atoms with Crippen molar-refractivity contribution in [3.05, 3.63) is 40.6 Å². The molecule has 0 radical (unpaired) electrons. The third-order valence-corrected chi connectivity index (χ3v) is 5.12. The molecule has 23 heavy (non-hydrogen) atoms. The summed E-state index contributed by atoms with van der Waals surface area (Å²) in [7, 11) is 0. The Bertz CT molecular complexity index is 878. The fourth-order valence-electron chi connectivity index (χ4n) is 2.23. The lowest BCUT2D eigenvalue weighted by Crippen LogP contribution is -2.28. The summed E-state index contributed by atoms with van der Waals surface area (Å²) >= 11 is 5.04. The van der Waals surface area contributed by atoms with Gasteiger partial charge < -0.3 is 5.32 Å². The standard InChI is InChI=1S/C16H15BrN4OS/c1-3-19-15(22)21-16-20-13-6-10(5-12(17)14(13)23-16)11-4-9(2)7-18-8-11/h4-8H,3H2,1-2H3,(H2,19,20,21,22). The number of urea groups is 1. The van der Waals surface area contributed by atoms with Crippen LogP contribution in [0.25, 0.3) is 21.3 Å². The Morgan fingerprint density at radius 2 is 2.09 bits per heavy atom. The lowest BCUT2D eigenvalue weighted by atomic mass is 10.1. The highest BCUT2D eigenvalue weighted by molar-refractivity contribution is 9.10. The largest absolute Gasteiger partial charge is 0.338 e. The number of fused-ring (bicyclic) bond motifs is 1. The van der Waals surface area contributed by atoms with E-state index in [4.69, 9.17) is 0 Å². The Kier molecular flexibility index (Phi) is 4.58. The fourth-order valence-corrected chi connectivity index (χ4v) is 3.77. The first-order chi connectivity index (χ1) is 11.1. The number of carbonyl (C=O) groups is 1. The molecule has 3 aromatic rings. The van der Waals surface area contributed by atoms with Gasteiger partial charge in [0.25, 0.3) is 0 Å². The Morgan fingerprint density at radius 1 is 1.26 bits per heavy atom. The number of pyridine rings is 1. The van der Waals surface area contributed by atoms with Gasteiger partial charge >= 0.3 is 6.03 Å². The summed E-state index contributed by atoms with van der Waals surface area (Å²) < 4.78 is 1.95. The molecule has 0 atom stereocenters. The Hall–Kier alpha value is -1.99. The van der Waals surface area contributed by atoms with E-state index in [-0.39, 0.29) is 6.03 Å². The van der Waals surface area contributed by atoms with Crippen molar-refractivity contribution < 1.29 is 4.79 Å². The number of nitrogens with zero attached hydrogens (tertiary/aromatic N) is 2. The summed E-state index contributed by atoms with van der Waals surface area (Å²) in [5, 5.41) is 6.02. The highest BCUT2D eigenvalue weighted by Gasteiger charge is 2.12. The summed E-state index contributed by atoms with van der Waals surface area (Å²) in [6, 6.07) is 5.90. The third kappa shape index (κ3) is 3.51. The molecule has 1 aromatic carbocycles. The van der Waals surface area contributed by atoms with Gasteiger partial charge in [0.1, 0.15) is 0 Å². The normalized spacial score (nSPS) is 10.7. The molecule has 0 aliphatic carbocycles. The first-order valence-electron chi connectivity index (χ1n) is 7.14. The van der Waals surface area contributed by atoms with Gasteiger partial charge in [-0.15, -0.1) is 0 Å². The van der Waals surface area contributed by atoms with Crippen LogP contribution in [0, 0.1) is 6.92 Å². The average molecular weight is 391 g/mol. The first-order valence-corrected chi connectivity index (χ1v) is 8.74. The van der Waals surface area contributed by atoms with Crippen molar-refractivity contribution in [3.63, 3.8) is 0 Å². The zero-order valence-electron chi connectivity index (χ0n) is 12.7. The second-order valence-electron chi connectivity index (χ2n) is 5.06. The van der Waals surface area contributed by atoms with Crippen LogP contribution in [0.15, 0.2) is 35.1 Å². The highest BCUT2D eigenvalue weighted by atomic mass is 79.9. The molecular formula is C16H15BrN4OS. The number of amides is 2. The molecule has 0 spiro atoms. The molecule has 2 amide bonds. The number of benzene rings is 1. The molecule has 0 unspecified atom stereocenters. The molecule has 5 nitrogen and oxygen atoms in total. The molecule has 7 heteroatoms. The third-order valence-electron chi connectivity index (χ3n) is 3.21. The fraction of sp³-hybridized carbons (Fsp3) is 0.188. The number of anilines is 1. The maximum atomic E-state index is 11.6. The average Bonchev–Trinajstić information content (AvgIpc) is 2.90. The monoisotopic (exact) mass is 390 g/mol. The Morgan fingerprint density at radius 3 is 2.83 bits per heavy atom. The number of halogens is 1. The number of nitrogens with one attached hydrogen (secondary N) is 2. The quantitative estimate of drug-likeness (QED) is 0.687. The number of hydrogen-bond donors (Lipinski definition) is 2. The van der Waals surface area contributed by atoms with E-state index in [1.165, 1.54) is 11.3 Å². The smallest absolute Gasteiger partial charge is 0.321 e. The molecule has 2 heterocycles. The predicted molar refractivity (Wildman–Crippen MR) is 98.0 cm³/mol. The maximum absolute atomic E-state index is 11.6. The van der Waals surface area contributed by atoms with Gasteiger partial charge in [0.05, 0.1) is 10.2 Å². The number of aryl methyl sites for hydroxylation is 1. The maximum Gasteiger partial charge on any atom is 0.321 e. The van der Waals surface area contributed by atoms with Crippen LogP contribution in [0.1, 0.15) is 12.5 Å². The van der Waals surface area contributed by atoms with Gasteiger partial charge in [0, 0.05) is 29.0 Å². The molecule has 118 valence electrons. The van der Waals surface area contributed by atoms with Crippen molar-refractivity contribution in [2.24, 2.45) is 0 Å². The van der Waals surface area contributed by atoms with E-state index in [9.17, 15) is 4.79 Å². The van der Waals surface area contributed by atoms with Crippen molar-refractivity contribution >= 4 is 48.6 Å². The molecule has 0 saturated carbocycles. The lowest BCUT2D eigenvalue weighted by Gasteiger charge is -2.03. The summed E-state index contributed by atoms with van der Waals surface area (Å²) in [4.78, 5) is 20.4. The van der Waals surface area contributed by atoms with Gasteiger partial charge in [-0.1, -0.05) is 11.3 Å². The van der Waals surface area contributed by atoms with E-state index in [2.05, 4.69) is 42.6 Å². The summed E-state index contributed by atoms with van der Waals surface area (Å²) in [6.45, 7) is 4.46. The molecule has 2 N–H and O–H groups in total. The van der Waals surface area contributed by atoms with Crippen LogP contribution in [0.4, 0.5) is 9.93 Å². The first kappa shape index (κ1) is 15.9. The Labute approximate surface area is 146 Å². The molecular weight excluding hydrogens is 376 g/mol. The number of aromatic nitrogens is 2. The number of hydrogen-bond acceptors (Lipinski definition) is 4. The highest BCUT2D eigenvalue weighted by Crippen LogP contribution is 2.36. The van der Waals surface area contributed by atoms with Crippen molar-refractivity contribution in [2.45, 2.75) is 13.8 Å². The lowest BCUT2D eigenvalue weighted by molar-refractivity contribution is 0.252. The van der Waals surface area contributed by atoms with Crippen LogP contribution < -0.4 is 10.6 Å². The van der Waals surface area contributed by atoms with E-state index >= 15 is 0 Å². The minimum absolute atomic E-state index is 0.245. The van der Waals surface area contributed by atoms with Crippen molar-refractivity contribution in [1.29, 1.82) is 0 Å².